The number of aliphatic carboxylic acids is 1. The molecule has 0 aliphatic heterocycles. The fourth-order valence-electron chi connectivity index (χ4n) is 1.90. The summed E-state index contributed by atoms with van der Waals surface area (Å²) in [5.74, 6) is -1.41. The second kappa shape index (κ2) is 8.09. The zero-order chi connectivity index (χ0) is 15.9. The van der Waals surface area contributed by atoms with Crippen LogP contribution in [0, 0.1) is 12.7 Å². The van der Waals surface area contributed by atoms with Crippen LogP contribution in [0.1, 0.15) is 37.7 Å². The van der Waals surface area contributed by atoms with Crippen LogP contribution in [0.3, 0.4) is 0 Å². The number of rotatable bonds is 9. The Morgan fingerprint density at radius 1 is 1.24 bits per heavy atom. The van der Waals surface area contributed by atoms with Crippen LogP contribution in [0.15, 0.2) is 23.1 Å². The van der Waals surface area contributed by atoms with Crippen molar-refractivity contribution in [2.45, 2.75) is 43.9 Å². The highest BCUT2D eigenvalue weighted by atomic mass is 32.2. The first-order valence-corrected chi connectivity index (χ1v) is 8.29. The fourth-order valence-corrected chi connectivity index (χ4v) is 3.23. The predicted molar refractivity (Wildman–Crippen MR) is 77.0 cm³/mol. The van der Waals surface area contributed by atoms with E-state index < -0.39 is 21.8 Å². The van der Waals surface area contributed by atoms with Crippen LogP contribution in [-0.4, -0.2) is 26.0 Å². The summed E-state index contributed by atoms with van der Waals surface area (Å²) in [6.45, 7) is 1.87. The number of nitrogens with one attached hydrogen (secondary N) is 1. The second-order valence-electron chi connectivity index (χ2n) is 4.87. The van der Waals surface area contributed by atoms with Gasteiger partial charge < -0.3 is 5.11 Å². The Morgan fingerprint density at radius 2 is 1.90 bits per heavy atom. The molecule has 0 aliphatic rings. The summed E-state index contributed by atoms with van der Waals surface area (Å²) >= 11 is 0. The van der Waals surface area contributed by atoms with Crippen molar-refractivity contribution in [1.82, 2.24) is 4.72 Å². The monoisotopic (exact) mass is 317 g/mol. The molecule has 0 saturated heterocycles. The number of halogens is 1. The summed E-state index contributed by atoms with van der Waals surface area (Å²) in [6, 6.07) is 3.65. The van der Waals surface area contributed by atoms with Gasteiger partial charge >= 0.3 is 5.97 Å². The van der Waals surface area contributed by atoms with E-state index in [0.717, 1.165) is 18.9 Å². The highest BCUT2D eigenvalue weighted by molar-refractivity contribution is 7.89. The number of hydrogen-bond acceptors (Lipinski definition) is 3. The first-order valence-electron chi connectivity index (χ1n) is 6.80. The molecule has 0 aliphatic carbocycles. The number of benzene rings is 1. The van der Waals surface area contributed by atoms with Crippen LogP contribution in [0.2, 0.25) is 0 Å². The number of carboxylic acids is 1. The van der Waals surface area contributed by atoms with E-state index in [1.165, 1.54) is 12.1 Å². The normalized spacial score (nSPS) is 11.5. The van der Waals surface area contributed by atoms with Gasteiger partial charge in [0.1, 0.15) is 5.82 Å². The number of sulfonamides is 1. The first-order chi connectivity index (χ1) is 9.83. The minimum absolute atomic E-state index is 0.0478. The third-order valence-electron chi connectivity index (χ3n) is 3.05. The van der Waals surface area contributed by atoms with E-state index in [-0.39, 0.29) is 17.9 Å². The molecule has 1 rings (SSSR count). The van der Waals surface area contributed by atoms with Gasteiger partial charge in [-0.05, 0) is 37.5 Å². The summed E-state index contributed by atoms with van der Waals surface area (Å²) in [4.78, 5) is 10.3. The molecule has 0 radical (unpaired) electrons. The molecule has 0 amide bonds. The number of carbonyl (C=O) groups is 1. The molecule has 21 heavy (non-hydrogen) atoms. The van der Waals surface area contributed by atoms with Crippen LogP contribution >= 0.6 is 0 Å². The molecule has 0 bridgehead atoms. The average Bonchev–Trinajstić information content (AvgIpc) is 2.40. The van der Waals surface area contributed by atoms with E-state index in [2.05, 4.69) is 4.72 Å². The van der Waals surface area contributed by atoms with Crippen molar-refractivity contribution in [2.24, 2.45) is 0 Å². The molecular weight excluding hydrogens is 297 g/mol. The van der Waals surface area contributed by atoms with Crippen LogP contribution in [0.4, 0.5) is 4.39 Å². The van der Waals surface area contributed by atoms with Crippen molar-refractivity contribution in [1.29, 1.82) is 0 Å². The molecule has 0 saturated carbocycles. The summed E-state index contributed by atoms with van der Waals surface area (Å²) in [7, 11) is -3.70. The topological polar surface area (TPSA) is 83.5 Å². The maximum atomic E-state index is 13.1. The van der Waals surface area contributed by atoms with Gasteiger partial charge in [0, 0.05) is 13.0 Å². The zero-order valence-corrected chi connectivity index (χ0v) is 12.7. The Labute approximate surface area is 124 Å². The molecule has 0 aromatic heterocycles. The lowest BCUT2D eigenvalue weighted by atomic mass is 10.1. The lowest BCUT2D eigenvalue weighted by Crippen LogP contribution is -2.25. The fraction of sp³-hybridized carbons (Fsp3) is 0.500. The molecule has 0 heterocycles. The maximum absolute atomic E-state index is 13.1. The Morgan fingerprint density at radius 3 is 2.57 bits per heavy atom. The highest BCUT2D eigenvalue weighted by Crippen LogP contribution is 2.16. The van der Waals surface area contributed by atoms with Crippen molar-refractivity contribution in [2.75, 3.05) is 6.54 Å². The van der Waals surface area contributed by atoms with E-state index in [0.29, 0.717) is 18.4 Å². The van der Waals surface area contributed by atoms with Crippen molar-refractivity contribution in [3.05, 3.63) is 29.6 Å². The highest BCUT2D eigenvalue weighted by Gasteiger charge is 2.16. The van der Waals surface area contributed by atoms with Crippen LogP contribution in [0.25, 0.3) is 0 Å². The van der Waals surface area contributed by atoms with Gasteiger partial charge in [-0.15, -0.1) is 0 Å². The Hall–Kier alpha value is -1.47. The van der Waals surface area contributed by atoms with Crippen molar-refractivity contribution in [3.63, 3.8) is 0 Å². The average molecular weight is 317 g/mol. The summed E-state index contributed by atoms with van der Waals surface area (Å²) in [6.07, 6.45) is 2.83. The van der Waals surface area contributed by atoms with Crippen molar-refractivity contribution in [3.8, 4) is 0 Å². The number of unbranched alkanes of at least 4 members (excludes halogenated alkanes) is 3. The van der Waals surface area contributed by atoms with Crippen LogP contribution in [-0.2, 0) is 14.8 Å². The lowest BCUT2D eigenvalue weighted by Gasteiger charge is -2.09. The molecule has 118 valence electrons. The first kappa shape index (κ1) is 17.6. The second-order valence-corrected chi connectivity index (χ2v) is 6.60. The van der Waals surface area contributed by atoms with Gasteiger partial charge in [0.15, 0.2) is 0 Å². The van der Waals surface area contributed by atoms with Gasteiger partial charge in [0.2, 0.25) is 10.0 Å². The quantitative estimate of drug-likeness (QED) is 0.685. The smallest absolute Gasteiger partial charge is 0.303 e. The molecule has 0 atom stereocenters. The van der Waals surface area contributed by atoms with Crippen LogP contribution < -0.4 is 4.72 Å². The molecule has 0 fully saturated rings. The Balaban J connectivity index is 2.40. The summed E-state index contributed by atoms with van der Waals surface area (Å²) in [5.41, 5.74) is 0.491. The number of aryl methyl sites for hydroxylation is 1. The molecule has 2 N–H and O–H groups in total. The number of hydrogen-bond donors (Lipinski definition) is 2. The summed E-state index contributed by atoms with van der Waals surface area (Å²) in [5, 5.41) is 8.48. The molecule has 0 unspecified atom stereocenters. The Kier molecular flexibility index (Phi) is 6.77. The van der Waals surface area contributed by atoms with E-state index in [4.69, 9.17) is 5.11 Å². The molecule has 5 nitrogen and oxygen atoms in total. The van der Waals surface area contributed by atoms with E-state index >= 15 is 0 Å². The molecule has 1 aromatic carbocycles. The van der Waals surface area contributed by atoms with Gasteiger partial charge in [-0.3, -0.25) is 4.79 Å². The molecular formula is C14H20FNO4S. The minimum Gasteiger partial charge on any atom is -0.481 e. The summed E-state index contributed by atoms with van der Waals surface area (Å²) < 4.78 is 39.6. The molecule has 0 spiro atoms. The minimum atomic E-state index is -3.70. The van der Waals surface area contributed by atoms with Crippen molar-refractivity contribution >= 4 is 16.0 Å². The van der Waals surface area contributed by atoms with Gasteiger partial charge in [-0.2, -0.15) is 0 Å². The largest absolute Gasteiger partial charge is 0.481 e. The van der Waals surface area contributed by atoms with E-state index in [1.54, 1.807) is 6.92 Å². The van der Waals surface area contributed by atoms with Crippen molar-refractivity contribution < 1.29 is 22.7 Å². The SMILES string of the molecule is Cc1ccc(F)cc1S(=O)(=O)NCCCCCCC(=O)O. The van der Waals surface area contributed by atoms with E-state index in [9.17, 15) is 17.6 Å². The molecule has 7 heteroatoms. The lowest BCUT2D eigenvalue weighted by molar-refractivity contribution is -0.137. The van der Waals surface area contributed by atoms with Gasteiger partial charge in [0.05, 0.1) is 4.90 Å². The van der Waals surface area contributed by atoms with Gasteiger partial charge in [-0.1, -0.05) is 18.9 Å². The van der Waals surface area contributed by atoms with E-state index in [1.807, 2.05) is 0 Å². The third-order valence-corrected chi connectivity index (χ3v) is 4.65. The van der Waals surface area contributed by atoms with Gasteiger partial charge in [0.25, 0.3) is 0 Å². The standard InChI is InChI=1S/C14H20FNO4S/c1-11-7-8-12(15)10-13(11)21(19,20)16-9-5-3-2-4-6-14(17)18/h7-8,10,16H,2-6,9H2,1H3,(H,17,18). The number of carboxylic acid groups (broad SMARTS) is 1. The molecule has 1 aromatic rings. The Bertz CT molecular complexity index is 587. The predicted octanol–water partition coefficient (Wildman–Crippen LogP) is 2.45. The third kappa shape index (κ3) is 6.22. The van der Waals surface area contributed by atoms with Crippen LogP contribution in [0.5, 0.6) is 0 Å². The van der Waals surface area contributed by atoms with Gasteiger partial charge in [-0.25, -0.2) is 17.5 Å². The maximum Gasteiger partial charge on any atom is 0.303 e. The zero-order valence-electron chi connectivity index (χ0n) is 11.9.